The Morgan fingerprint density at radius 2 is 1.00 bits per heavy atom. The normalized spacial score (nSPS) is 11.9. The first-order valence-electron chi connectivity index (χ1n) is 7.51. The molecule has 108 valence electrons. The lowest BCUT2D eigenvalue weighted by Crippen LogP contribution is -2.52. The summed E-state index contributed by atoms with van der Waals surface area (Å²) in [5, 5.41) is 18.0. The van der Waals surface area contributed by atoms with Crippen molar-refractivity contribution in [2.45, 2.75) is 34.1 Å². The molecule has 0 saturated carbocycles. The van der Waals surface area contributed by atoms with Crippen LogP contribution in [0.3, 0.4) is 0 Å². The van der Waals surface area contributed by atoms with Crippen LogP contribution in [0.5, 0.6) is 0 Å². The lowest BCUT2D eigenvalue weighted by atomic mass is 10.2. The first-order valence-corrected chi connectivity index (χ1v) is 7.51. The molecule has 0 radical (unpaired) electrons. The van der Waals surface area contributed by atoms with Crippen molar-refractivity contribution in [1.82, 2.24) is 0 Å². The van der Waals surface area contributed by atoms with Gasteiger partial charge in [0.2, 0.25) is 0 Å². The van der Waals surface area contributed by atoms with Crippen molar-refractivity contribution >= 4 is 0 Å². The van der Waals surface area contributed by atoms with Crippen molar-refractivity contribution in [1.29, 1.82) is 10.5 Å². The van der Waals surface area contributed by atoms with Crippen LogP contribution < -0.4 is 0 Å². The molecule has 0 spiro atoms. The van der Waals surface area contributed by atoms with Crippen molar-refractivity contribution in [3.63, 3.8) is 0 Å². The molecule has 0 aromatic rings. The summed E-state index contributed by atoms with van der Waals surface area (Å²) >= 11 is 0. The summed E-state index contributed by atoms with van der Waals surface area (Å²) in [6.45, 7) is 16.0. The van der Waals surface area contributed by atoms with Gasteiger partial charge in [0.25, 0.3) is 0 Å². The Morgan fingerprint density at radius 3 is 1.21 bits per heavy atom. The lowest BCUT2D eigenvalue weighted by molar-refractivity contribution is -0.936. The zero-order valence-electron chi connectivity index (χ0n) is 13.2. The molecule has 0 saturated heterocycles. The van der Waals surface area contributed by atoms with Gasteiger partial charge in [0.15, 0.2) is 13.1 Å². The van der Waals surface area contributed by atoms with Crippen molar-refractivity contribution < 1.29 is 8.97 Å². The molecule has 0 aromatic heterocycles. The average Bonchev–Trinajstić information content (AvgIpc) is 2.45. The minimum atomic E-state index is 0.601. The van der Waals surface area contributed by atoms with Gasteiger partial charge in [-0.3, -0.25) is 0 Å². The fourth-order valence-corrected chi connectivity index (χ4v) is 2.73. The van der Waals surface area contributed by atoms with Gasteiger partial charge < -0.3 is 8.97 Å². The van der Waals surface area contributed by atoms with Crippen LogP contribution in [0.15, 0.2) is 0 Å². The molecule has 0 aromatic carbocycles. The summed E-state index contributed by atoms with van der Waals surface area (Å²) in [7, 11) is 0. The summed E-state index contributed by atoms with van der Waals surface area (Å²) in [5.74, 6) is 0. The third kappa shape index (κ3) is 5.19. The zero-order valence-corrected chi connectivity index (χ0v) is 13.2. The number of hydrogen-bond donors (Lipinski definition) is 0. The molecule has 0 bridgehead atoms. The quantitative estimate of drug-likeness (QED) is 0.449. The molecule has 0 aliphatic rings. The maximum Gasteiger partial charge on any atom is 0.166 e. The van der Waals surface area contributed by atoms with E-state index in [1.54, 1.807) is 0 Å². The van der Waals surface area contributed by atoms with Crippen LogP contribution in [0.25, 0.3) is 0 Å². The average molecular weight is 266 g/mol. The minimum absolute atomic E-state index is 0.601. The standard InChI is InChI=1S/C15H30N4/c1-5-18(6-2,14-10-16)12-9-13-19(7-3,8-4)15-11-17/h5-9,12-15H2,1-4H3/q+2. The molecule has 0 unspecified atom stereocenters. The summed E-state index contributed by atoms with van der Waals surface area (Å²) in [6.07, 6.45) is 1.09. The molecule has 0 aliphatic heterocycles. The molecule has 0 fully saturated rings. The summed E-state index contributed by atoms with van der Waals surface area (Å²) < 4.78 is 1.77. The van der Waals surface area contributed by atoms with Crippen LogP contribution in [0, 0.1) is 22.7 Å². The van der Waals surface area contributed by atoms with E-state index >= 15 is 0 Å². The van der Waals surface area contributed by atoms with Gasteiger partial charge >= 0.3 is 0 Å². The Bertz CT molecular complexity index is 284. The molecule has 19 heavy (non-hydrogen) atoms. The Morgan fingerprint density at radius 1 is 0.684 bits per heavy atom. The molecule has 0 rings (SSSR count). The molecule has 0 atom stereocenters. The lowest BCUT2D eigenvalue weighted by Gasteiger charge is -2.38. The predicted octanol–water partition coefficient (Wildman–Crippen LogP) is 2.14. The van der Waals surface area contributed by atoms with Crippen LogP contribution in [0.4, 0.5) is 0 Å². The molecule has 0 N–H and O–H groups in total. The van der Waals surface area contributed by atoms with E-state index in [0.717, 1.165) is 54.7 Å². The van der Waals surface area contributed by atoms with Crippen LogP contribution in [0.1, 0.15) is 34.1 Å². The van der Waals surface area contributed by atoms with E-state index in [9.17, 15) is 0 Å². The van der Waals surface area contributed by atoms with Gasteiger partial charge in [0, 0.05) is 6.42 Å². The van der Waals surface area contributed by atoms with Gasteiger partial charge in [-0.25, -0.2) is 0 Å². The summed E-state index contributed by atoms with van der Waals surface area (Å²) in [5.41, 5.74) is 0. The highest BCUT2D eigenvalue weighted by Crippen LogP contribution is 2.12. The highest BCUT2D eigenvalue weighted by Gasteiger charge is 2.27. The first kappa shape index (κ1) is 17.9. The highest BCUT2D eigenvalue weighted by molar-refractivity contribution is 4.70. The Labute approximate surface area is 119 Å². The van der Waals surface area contributed by atoms with E-state index in [1.165, 1.54) is 0 Å². The molecule has 0 aliphatic carbocycles. The van der Waals surface area contributed by atoms with Crippen molar-refractivity contribution in [2.24, 2.45) is 0 Å². The molecule has 0 heterocycles. The summed E-state index contributed by atoms with van der Waals surface area (Å²) in [4.78, 5) is 0. The smallest absolute Gasteiger partial charge is 0.166 e. The first-order chi connectivity index (χ1) is 9.07. The van der Waals surface area contributed by atoms with Crippen LogP contribution >= 0.6 is 0 Å². The van der Waals surface area contributed by atoms with E-state index in [4.69, 9.17) is 10.5 Å². The molecular weight excluding hydrogens is 236 g/mol. The maximum absolute atomic E-state index is 8.99. The third-order valence-corrected chi connectivity index (χ3v) is 4.76. The van der Waals surface area contributed by atoms with E-state index in [0.29, 0.717) is 13.1 Å². The van der Waals surface area contributed by atoms with Gasteiger partial charge in [0.05, 0.1) is 39.3 Å². The maximum atomic E-state index is 8.99. The molecule has 4 nitrogen and oxygen atoms in total. The Kier molecular flexibility index (Phi) is 8.39. The Balaban J connectivity index is 4.54. The van der Waals surface area contributed by atoms with Gasteiger partial charge in [-0.1, -0.05) is 0 Å². The molecule has 0 amide bonds. The monoisotopic (exact) mass is 266 g/mol. The highest BCUT2D eigenvalue weighted by atomic mass is 15.4. The summed E-state index contributed by atoms with van der Waals surface area (Å²) in [6, 6.07) is 4.65. The second-order valence-electron chi connectivity index (χ2n) is 5.38. The predicted molar refractivity (Wildman–Crippen MR) is 78.0 cm³/mol. The topological polar surface area (TPSA) is 47.6 Å². The Hall–Kier alpha value is -1.10. The van der Waals surface area contributed by atoms with Crippen molar-refractivity contribution in [2.75, 3.05) is 52.4 Å². The van der Waals surface area contributed by atoms with Crippen LogP contribution in [-0.4, -0.2) is 61.3 Å². The van der Waals surface area contributed by atoms with E-state index in [2.05, 4.69) is 39.8 Å². The largest absolute Gasteiger partial charge is 0.312 e. The van der Waals surface area contributed by atoms with Crippen molar-refractivity contribution in [3.8, 4) is 12.1 Å². The van der Waals surface area contributed by atoms with E-state index in [-0.39, 0.29) is 0 Å². The number of quaternary nitrogens is 2. The minimum Gasteiger partial charge on any atom is -0.312 e. The van der Waals surface area contributed by atoms with Crippen molar-refractivity contribution in [3.05, 3.63) is 0 Å². The fourth-order valence-electron chi connectivity index (χ4n) is 2.73. The second kappa shape index (κ2) is 8.91. The second-order valence-corrected chi connectivity index (χ2v) is 5.38. The number of nitriles is 2. The number of nitrogens with zero attached hydrogens (tertiary/aromatic N) is 4. The molecule has 4 heteroatoms. The SMILES string of the molecule is CC[N+](CC)(CC#N)CCC[N+](CC)(CC)CC#N. The van der Waals surface area contributed by atoms with Crippen LogP contribution in [0.2, 0.25) is 0 Å². The number of hydrogen-bond acceptors (Lipinski definition) is 2. The van der Waals surface area contributed by atoms with Gasteiger partial charge in [-0.05, 0) is 27.7 Å². The van der Waals surface area contributed by atoms with Crippen LogP contribution in [-0.2, 0) is 0 Å². The van der Waals surface area contributed by atoms with Gasteiger partial charge in [0.1, 0.15) is 12.1 Å². The van der Waals surface area contributed by atoms with Gasteiger partial charge in [-0.15, -0.1) is 0 Å². The zero-order chi connectivity index (χ0) is 14.8. The number of rotatable bonds is 10. The fraction of sp³-hybridized carbons (Fsp3) is 0.867. The van der Waals surface area contributed by atoms with E-state index in [1.807, 2.05) is 0 Å². The van der Waals surface area contributed by atoms with E-state index < -0.39 is 0 Å². The third-order valence-electron chi connectivity index (χ3n) is 4.76. The molecular formula is C15H30N4+2. The van der Waals surface area contributed by atoms with Gasteiger partial charge in [-0.2, -0.15) is 10.5 Å².